The number of aromatic nitrogens is 2. The number of ether oxygens (including phenoxy) is 1. The summed E-state index contributed by atoms with van der Waals surface area (Å²) in [4.78, 5) is 20.6. The van der Waals surface area contributed by atoms with Crippen molar-refractivity contribution in [2.45, 2.75) is 13.0 Å². The molecule has 0 unspecified atom stereocenters. The zero-order chi connectivity index (χ0) is 16.1. The summed E-state index contributed by atoms with van der Waals surface area (Å²) in [7, 11) is 0. The normalized spacial score (nSPS) is 11.7. The molecule has 0 radical (unpaired) electrons. The van der Waals surface area contributed by atoms with Crippen LogP contribution in [0.15, 0.2) is 60.2 Å². The van der Waals surface area contributed by atoms with Crippen LogP contribution in [-0.2, 0) is 4.79 Å². The maximum atomic E-state index is 12.2. The molecule has 3 rings (SSSR count). The molecule has 0 fully saturated rings. The molecule has 2 heterocycles. The Bertz CT molecular complexity index is 775. The number of carbonyl (C=O) groups excluding carboxylic acids is 1. The molecule has 1 amide bonds. The molecule has 0 aliphatic carbocycles. The zero-order valence-corrected chi connectivity index (χ0v) is 13.3. The number of benzene rings is 1. The van der Waals surface area contributed by atoms with Crippen molar-refractivity contribution in [2.24, 2.45) is 0 Å². The van der Waals surface area contributed by atoms with Gasteiger partial charge in [0.25, 0.3) is 5.91 Å². The van der Waals surface area contributed by atoms with E-state index in [1.165, 1.54) is 11.3 Å². The Morgan fingerprint density at radius 3 is 2.65 bits per heavy atom. The number of amides is 1. The van der Waals surface area contributed by atoms with Gasteiger partial charge in [0.05, 0.1) is 5.69 Å². The second-order valence-electron chi connectivity index (χ2n) is 4.84. The van der Waals surface area contributed by atoms with E-state index in [0.29, 0.717) is 10.9 Å². The molecule has 0 aliphatic rings. The minimum atomic E-state index is -0.606. The molecular formula is C17H15N3O2S. The van der Waals surface area contributed by atoms with E-state index in [2.05, 4.69) is 15.3 Å². The van der Waals surface area contributed by atoms with Gasteiger partial charge in [-0.05, 0) is 31.2 Å². The van der Waals surface area contributed by atoms with Crippen molar-refractivity contribution in [3.63, 3.8) is 0 Å². The number of carbonyl (C=O) groups is 1. The summed E-state index contributed by atoms with van der Waals surface area (Å²) in [6.07, 6.45) is 2.82. The summed E-state index contributed by atoms with van der Waals surface area (Å²) < 4.78 is 5.60. The molecule has 116 valence electrons. The molecule has 0 aliphatic heterocycles. The molecule has 0 spiro atoms. The number of hydrogen-bond acceptors (Lipinski definition) is 5. The number of anilines is 1. The van der Waals surface area contributed by atoms with Gasteiger partial charge in [-0.3, -0.25) is 15.1 Å². The van der Waals surface area contributed by atoms with Crippen molar-refractivity contribution in [3.8, 4) is 17.0 Å². The van der Waals surface area contributed by atoms with E-state index in [1.807, 2.05) is 47.8 Å². The summed E-state index contributed by atoms with van der Waals surface area (Å²) in [5, 5.41) is 5.22. The predicted molar refractivity (Wildman–Crippen MR) is 90.5 cm³/mol. The second-order valence-corrected chi connectivity index (χ2v) is 5.69. The van der Waals surface area contributed by atoms with Gasteiger partial charge < -0.3 is 4.74 Å². The van der Waals surface area contributed by atoms with Crippen molar-refractivity contribution >= 4 is 22.4 Å². The summed E-state index contributed by atoms with van der Waals surface area (Å²) in [5.74, 6) is 0.427. The molecule has 0 saturated heterocycles. The molecule has 2 aromatic heterocycles. The number of nitrogens with zero attached hydrogens (tertiary/aromatic N) is 2. The van der Waals surface area contributed by atoms with Crippen molar-refractivity contribution < 1.29 is 9.53 Å². The number of rotatable bonds is 5. The number of para-hydroxylation sites is 1. The van der Waals surface area contributed by atoms with Crippen molar-refractivity contribution in [1.82, 2.24) is 9.97 Å². The highest BCUT2D eigenvalue weighted by Crippen LogP contribution is 2.24. The van der Waals surface area contributed by atoms with Gasteiger partial charge in [0.15, 0.2) is 11.2 Å². The van der Waals surface area contributed by atoms with Crippen LogP contribution in [0.5, 0.6) is 5.75 Å². The second kappa shape index (κ2) is 7.02. The van der Waals surface area contributed by atoms with Gasteiger partial charge in [-0.1, -0.05) is 18.2 Å². The van der Waals surface area contributed by atoms with Gasteiger partial charge in [-0.15, -0.1) is 11.3 Å². The van der Waals surface area contributed by atoms with Gasteiger partial charge in [-0.25, -0.2) is 4.98 Å². The highest BCUT2D eigenvalue weighted by Gasteiger charge is 2.16. The Labute approximate surface area is 138 Å². The molecule has 0 saturated carbocycles. The van der Waals surface area contributed by atoms with Crippen LogP contribution in [0, 0.1) is 0 Å². The molecule has 5 nitrogen and oxygen atoms in total. The highest BCUT2D eigenvalue weighted by atomic mass is 32.1. The maximum Gasteiger partial charge on any atom is 0.266 e. The first-order valence-electron chi connectivity index (χ1n) is 7.11. The lowest BCUT2D eigenvalue weighted by Gasteiger charge is -2.13. The molecule has 3 aromatic rings. The van der Waals surface area contributed by atoms with Crippen LogP contribution < -0.4 is 10.1 Å². The smallest absolute Gasteiger partial charge is 0.266 e. The van der Waals surface area contributed by atoms with Gasteiger partial charge in [0.1, 0.15) is 5.75 Å². The topological polar surface area (TPSA) is 64.1 Å². The van der Waals surface area contributed by atoms with E-state index in [4.69, 9.17) is 4.74 Å². The summed E-state index contributed by atoms with van der Waals surface area (Å²) in [6.45, 7) is 1.71. The third-order valence-electron chi connectivity index (χ3n) is 3.14. The van der Waals surface area contributed by atoms with E-state index in [0.717, 1.165) is 11.3 Å². The molecule has 0 bridgehead atoms. The van der Waals surface area contributed by atoms with E-state index in [9.17, 15) is 4.79 Å². The first-order valence-corrected chi connectivity index (χ1v) is 7.99. The van der Waals surface area contributed by atoms with E-state index in [1.54, 1.807) is 19.3 Å². The van der Waals surface area contributed by atoms with E-state index >= 15 is 0 Å². The largest absolute Gasteiger partial charge is 0.481 e. The molecule has 6 heteroatoms. The van der Waals surface area contributed by atoms with Crippen LogP contribution in [0.4, 0.5) is 5.13 Å². The minimum absolute atomic E-state index is 0.232. The summed E-state index contributed by atoms with van der Waals surface area (Å²) in [6, 6.07) is 13.0. The Kier molecular flexibility index (Phi) is 4.63. The Hall–Kier alpha value is -2.73. The summed E-state index contributed by atoms with van der Waals surface area (Å²) >= 11 is 1.38. The lowest BCUT2D eigenvalue weighted by Crippen LogP contribution is -2.30. The average molecular weight is 325 g/mol. The van der Waals surface area contributed by atoms with E-state index < -0.39 is 6.10 Å². The van der Waals surface area contributed by atoms with Crippen LogP contribution in [0.2, 0.25) is 0 Å². The van der Waals surface area contributed by atoms with Crippen LogP contribution in [0.25, 0.3) is 11.3 Å². The fourth-order valence-corrected chi connectivity index (χ4v) is 2.67. The van der Waals surface area contributed by atoms with Crippen LogP contribution in [0.3, 0.4) is 0 Å². The standard InChI is InChI=1S/C17H15N3O2S/c1-12(22-14-5-3-2-4-6-14)16(21)20-17-19-15(11-23-17)13-7-9-18-10-8-13/h2-12H,1H3,(H,19,20,21)/t12-/m1/s1. The number of pyridine rings is 1. The van der Waals surface area contributed by atoms with Gasteiger partial charge in [0, 0.05) is 23.3 Å². The van der Waals surface area contributed by atoms with Gasteiger partial charge in [-0.2, -0.15) is 0 Å². The fraction of sp³-hybridized carbons (Fsp3) is 0.118. The maximum absolute atomic E-state index is 12.2. The molecular weight excluding hydrogens is 310 g/mol. The van der Waals surface area contributed by atoms with Crippen LogP contribution in [-0.4, -0.2) is 22.0 Å². The number of nitrogens with one attached hydrogen (secondary N) is 1. The molecule has 1 N–H and O–H groups in total. The zero-order valence-electron chi connectivity index (χ0n) is 12.5. The Morgan fingerprint density at radius 2 is 1.91 bits per heavy atom. The lowest BCUT2D eigenvalue weighted by molar-refractivity contribution is -0.122. The first-order chi connectivity index (χ1) is 11.2. The third kappa shape index (κ3) is 3.92. The third-order valence-corrected chi connectivity index (χ3v) is 3.89. The van der Waals surface area contributed by atoms with Gasteiger partial charge in [0.2, 0.25) is 0 Å². The summed E-state index contributed by atoms with van der Waals surface area (Å²) in [5.41, 5.74) is 1.77. The Balaban J connectivity index is 1.63. The monoisotopic (exact) mass is 325 g/mol. The molecule has 1 aromatic carbocycles. The van der Waals surface area contributed by atoms with Crippen molar-refractivity contribution in [1.29, 1.82) is 0 Å². The van der Waals surface area contributed by atoms with Gasteiger partial charge >= 0.3 is 0 Å². The lowest BCUT2D eigenvalue weighted by atomic mass is 10.2. The van der Waals surface area contributed by atoms with Crippen molar-refractivity contribution in [3.05, 3.63) is 60.2 Å². The SMILES string of the molecule is C[C@@H](Oc1ccccc1)C(=O)Nc1nc(-c2ccncc2)cs1. The quantitative estimate of drug-likeness (QED) is 0.778. The number of hydrogen-bond donors (Lipinski definition) is 1. The average Bonchev–Trinajstić information content (AvgIpc) is 3.05. The highest BCUT2D eigenvalue weighted by molar-refractivity contribution is 7.14. The van der Waals surface area contributed by atoms with Crippen molar-refractivity contribution in [2.75, 3.05) is 5.32 Å². The number of thiazole rings is 1. The van der Waals surface area contributed by atoms with Crippen LogP contribution >= 0.6 is 11.3 Å². The molecule has 23 heavy (non-hydrogen) atoms. The van der Waals surface area contributed by atoms with E-state index in [-0.39, 0.29) is 5.91 Å². The fourth-order valence-electron chi connectivity index (χ4n) is 1.95. The van der Waals surface area contributed by atoms with Crippen LogP contribution in [0.1, 0.15) is 6.92 Å². The minimum Gasteiger partial charge on any atom is -0.481 e. The Morgan fingerprint density at radius 1 is 1.17 bits per heavy atom. The predicted octanol–water partition coefficient (Wildman–Crippen LogP) is 3.61. The first kappa shape index (κ1) is 15.2. The molecule has 1 atom stereocenters.